The van der Waals surface area contributed by atoms with Crippen molar-refractivity contribution in [1.29, 1.82) is 0 Å². The fraction of sp³-hybridized carbons (Fsp3) is 1.00. The zero-order valence-electron chi connectivity index (χ0n) is 45.4. The van der Waals surface area contributed by atoms with Crippen molar-refractivity contribution < 1.29 is 19.3 Å². The lowest BCUT2D eigenvalue weighted by atomic mass is 9.28. The maximum absolute atomic E-state index is 11.4. The molecule has 5 heteroatoms. The molecule has 10 aliphatic rings. The van der Waals surface area contributed by atoms with Crippen LogP contribution in [0.15, 0.2) is 0 Å². The lowest BCUT2D eigenvalue weighted by Crippen LogP contribution is -2.71. The van der Waals surface area contributed by atoms with E-state index in [4.69, 9.17) is 9.05 Å². The SMILES string of the molecule is C[C@@H]1CC[C@]2(CO)CC[C@]3(C)[C@H](CC[C@@H]4[C@@]5(C)CC[C@H](OPOC[C@]67CC[C@@H](C)[C@]6(C)[C@H]6CC[C@@H]8[C@@]9(C)CC[C@H](O)C(C)(C)[C@]9(C)CC[C@@]8(C)[C@]6(C)CC7)C(C)(C)[C@]5(C)CC[C@]43C)[C@@]12C. The summed E-state index contributed by atoms with van der Waals surface area (Å²) in [5.74, 6) is 4.30. The van der Waals surface area contributed by atoms with Crippen LogP contribution in [0.5, 0.6) is 0 Å². The van der Waals surface area contributed by atoms with Crippen LogP contribution in [0.3, 0.4) is 0 Å². The normalized spacial score (nSPS) is 61.0. The number of aliphatic hydroxyl groups is 2. The van der Waals surface area contributed by atoms with Crippen LogP contribution in [-0.4, -0.2) is 35.6 Å². The summed E-state index contributed by atoms with van der Waals surface area (Å²) in [4.78, 5) is 0. The topological polar surface area (TPSA) is 58.9 Å². The van der Waals surface area contributed by atoms with Gasteiger partial charge in [-0.2, -0.15) is 0 Å². The molecule has 372 valence electrons. The van der Waals surface area contributed by atoms with E-state index in [9.17, 15) is 10.2 Å². The molecule has 4 nitrogen and oxygen atoms in total. The summed E-state index contributed by atoms with van der Waals surface area (Å²) >= 11 is 0. The van der Waals surface area contributed by atoms with E-state index in [2.05, 4.69) is 111 Å². The number of hydrogen-bond donors (Lipinski definition) is 2. The maximum atomic E-state index is 11.4. The Hall–Kier alpha value is 0.270. The highest BCUT2D eigenvalue weighted by Gasteiger charge is 2.78. The molecule has 2 N–H and O–H groups in total. The molecule has 10 saturated carbocycles. The molecular weight excluding hydrogens is 816 g/mol. The molecule has 0 aromatic rings. The van der Waals surface area contributed by atoms with Gasteiger partial charge in [0, 0.05) is 12.0 Å². The van der Waals surface area contributed by atoms with Crippen LogP contribution in [0.25, 0.3) is 0 Å². The van der Waals surface area contributed by atoms with Gasteiger partial charge in [0.25, 0.3) is 0 Å². The van der Waals surface area contributed by atoms with E-state index in [1.54, 1.807) is 0 Å². The second-order valence-corrected chi connectivity index (χ2v) is 31.4. The minimum Gasteiger partial charge on any atom is -0.396 e. The Bertz CT molecular complexity index is 1900. The predicted octanol–water partition coefficient (Wildman–Crippen LogP) is 16.0. The molecule has 0 aromatic carbocycles. The van der Waals surface area contributed by atoms with Crippen molar-refractivity contribution in [3.05, 3.63) is 0 Å². The van der Waals surface area contributed by atoms with E-state index in [0.717, 1.165) is 37.2 Å². The highest BCUT2D eigenvalue weighted by molar-refractivity contribution is 7.26. The first kappa shape index (κ1) is 48.9. The minimum absolute atomic E-state index is 0.0509. The fourth-order valence-corrected chi connectivity index (χ4v) is 25.4. The number of fused-ring (bicyclic) bond motifs is 14. The van der Waals surface area contributed by atoms with Gasteiger partial charge < -0.3 is 19.3 Å². The van der Waals surface area contributed by atoms with Gasteiger partial charge in [0.05, 0.1) is 18.8 Å². The van der Waals surface area contributed by atoms with Crippen molar-refractivity contribution >= 4 is 9.03 Å². The van der Waals surface area contributed by atoms with Crippen LogP contribution >= 0.6 is 9.03 Å². The molecular formula is C60H103O4P. The Kier molecular flexibility index (Phi) is 10.9. The van der Waals surface area contributed by atoms with E-state index < -0.39 is 0 Å². The highest BCUT2D eigenvalue weighted by Crippen LogP contribution is 2.84. The molecule has 10 rings (SSSR count). The maximum Gasteiger partial charge on any atom is 0.155 e. The molecule has 0 heterocycles. The van der Waals surface area contributed by atoms with E-state index >= 15 is 0 Å². The van der Waals surface area contributed by atoms with Gasteiger partial charge in [0.2, 0.25) is 0 Å². The molecule has 1 unspecified atom stereocenters. The zero-order chi connectivity index (χ0) is 47.3. The van der Waals surface area contributed by atoms with Crippen molar-refractivity contribution in [3.63, 3.8) is 0 Å². The Morgan fingerprint density at radius 1 is 0.431 bits per heavy atom. The minimum atomic E-state index is -0.189. The molecule has 0 spiro atoms. The van der Waals surface area contributed by atoms with Crippen LogP contribution in [0.1, 0.15) is 239 Å². The molecule has 0 aliphatic heterocycles. The highest BCUT2D eigenvalue weighted by atomic mass is 31.1. The van der Waals surface area contributed by atoms with Crippen LogP contribution in [0, 0.1) is 111 Å². The molecule has 0 amide bonds. The monoisotopic (exact) mass is 919 g/mol. The summed E-state index contributed by atoms with van der Waals surface area (Å²) in [6, 6.07) is 0. The van der Waals surface area contributed by atoms with Gasteiger partial charge in [-0.1, -0.05) is 111 Å². The third-order valence-corrected chi connectivity index (χ3v) is 31.5. The molecule has 65 heavy (non-hydrogen) atoms. The first-order valence-corrected chi connectivity index (χ1v) is 29.2. The summed E-state index contributed by atoms with van der Waals surface area (Å²) in [6.45, 7) is 43.7. The van der Waals surface area contributed by atoms with Crippen molar-refractivity contribution in [2.24, 2.45) is 111 Å². The number of hydrogen-bond acceptors (Lipinski definition) is 4. The molecule has 0 bridgehead atoms. The van der Waals surface area contributed by atoms with Gasteiger partial charge in [-0.05, 0) is 234 Å². The third kappa shape index (κ3) is 5.28. The van der Waals surface area contributed by atoms with Crippen molar-refractivity contribution in [2.75, 3.05) is 13.2 Å². The summed E-state index contributed by atoms with van der Waals surface area (Å²) < 4.78 is 14.3. The van der Waals surface area contributed by atoms with Crippen LogP contribution < -0.4 is 0 Å². The third-order valence-electron chi connectivity index (χ3n) is 30.9. The second kappa shape index (κ2) is 14.5. The summed E-state index contributed by atoms with van der Waals surface area (Å²) in [5, 5.41) is 22.5. The van der Waals surface area contributed by atoms with Gasteiger partial charge in [-0.3, -0.25) is 0 Å². The van der Waals surface area contributed by atoms with Crippen LogP contribution in [-0.2, 0) is 9.05 Å². The van der Waals surface area contributed by atoms with Crippen LogP contribution in [0.4, 0.5) is 0 Å². The Labute approximate surface area is 402 Å². The molecule has 10 aliphatic carbocycles. The van der Waals surface area contributed by atoms with Gasteiger partial charge >= 0.3 is 0 Å². The molecule has 0 radical (unpaired) electrons. The molecule has 0 saturated heterocycles. The Morgan fingerprint density at radius 3 is 1.37 bits per heavy atom. The van der Waals surface area contributed by atoms with Crippen molar-refractivity contribution in [3.8, 4) is 0 Å². The average molecular weight is 919 g/mol. The standard InChI is InChI=1S/C60H103O4P/c1-39-21-27-59(37-61)35-31-51(9)43(57(39,59)15)19-17-42-50(51,8)30-34-56(14)48(5,6)46(24-26-54(42,56)12)64-65-63-38-60-28-22-40(2)58(60,16)44-20-18-41-49(7,52(44,10)32-36-60)29-33-55(13)47(3,4)45(62)23-25-53(41,55)11/h39-46,61-62,65H,17-38H2,1-16H3/t39-,40-,41+,42+,43+,44+,45+,46+,49-,50-,51-,52-,53-,54-,55+,56+,57-,58-,59-,60-/m1/s1. The van der Waals surface area contributed by atoms with E-state index in [1.165, 1.54) is 116 Å². The van der Waals surface area contributed by atoms with Crippen LogP contribution in [0.2, 0.25) is 0 Å². The Balaban J connectivity index is 0.839. The average Bonchev–Trinajstić information content (AvgIpc) is 3.67. The van der Waals surface area contributed by atoms with E-state index in [-0.39, 0.29) is 75.4 Å². The number of aliphatic hydroxyl groups excluding tert-OH is 2. The second-order valence-electron chi connectivity index (χ2n) is 30.7. The molecule has 21 atom stereocenters. The summed E-state index contributed by atoms with van der Waals surface area (Å²) in [7, 11) is 0.123. The quantitative estimate of drug-likeness (QED) is 0.206. The van der Waals surface area contributed by atoms with E-state index in [0.29, 0.717) is 46.0 Å². The lowest BCUT2D eigenvalue weighted by molar-refractivity contribution is -0.293. The van der Waals surface area contributed by atoms with Gasteiger partial charge in [-0.15, -0.1) is 0 Å². The predicted molar refractivity (Wildman–Crippen MR) is 270 cm³/mol. The lowest BCUT2D eigenvalue weighted by Gasteiger charge is -2.77. The zero-order valence-corrected chi connectivity index (χ0v) is 46.4. The molecule has 0 aromatic heterocycles. The summed E-state index contributed by atoms with van der Waals surface area (Å²) in [5.41, 5.74) is 3.12. The largest absolute Gasteiger partial charge is 0.396 e. The van der Waals surface area contributed by atoms with Gasteiger partial charge in [0.15, 0.2) is 9.03 Å². The molecule has 10 fully saturated rings. The first-order chi connectivity index (χ1) is 30.0. The van der Waals surface area contributed by atoms with Gasteiger partial charge in [0.1, 0.15) is 0 Å². The van der Waals surface area contributed by atoms with Crippen molar-refractivity contribution in [2.45, 2.75) is 251 Å². The van der Waals surface area contributed by atoms with Crippen molar-refractivity contribution in [1.82, 2.24) is 0 Å². The van der Waals surface area contributed by atoms with E-state index in [1.807, 2.05) is 0 Å². The summed E-state index contributed by atoms with van der Waals surface area (Å²) in [6.07, 6.45) is 25.6. The van der Waals surface area contributed by atoms with Gasteiger partial charge in [-0.25, -0.2) is 0 Å². The fourth-order valence-electron chi connectivity index (χ4n) is 24.5. The Morgan fingerprint density at radius 2 is 0.846 bits per heavy atom. The number of rotatable bonds is 6. The smallest absolute Gasteiger partial charge is 0.155 e. The first-order valence-electron chi connectivity index (χ1n) is 28.3.